The average molecular weight is 346 g/mol. The normalized spacial score (nSPS) is 11.7. The van der Waals surface area contributed by atoms with E-state index in [-0.39, 0.29) is 12.2 Å². The van der Waals surface area contributed by atoms with Crippen LogP contribution in [0.5, 0.6) is 11.5 Å². The lowest BCUT2D eigenvalue weighted by Crippen LogP contribution is -2.32. The van der Waals surface area contributed by atoms with Crippen LogP contribution < -0.4 is 15.0 Å². The van der Waals surface area contributed by atoms with Crippen molar-refractivity contribution in [1.29, 1.82) is 0 Å². The number of rotatable bonds is 7. The second kappa shape index (κ2) is 8.32. The Labute approximate surface area is 146 Å². The standard InChI is InChI=1S/C18H22N2O5/c1-5-14(18(22)25-6-2)20-17(21)10-8-13(19-20)12-7-9-15(23-3)16(11-12)24-4/h7-11,14H,5-6H2,1-4H3/t14-/m1/s1. The number of methoxy groups -OCH3 is 2. The van der Waals surface area contributed by atoms with Gasteiger partial charge in [-0.3, -0.25) is 4.79 Å². The molecule has 0 bridgehead atoms. The zero-order chi connectivity index (χ0) is 18.4. The fourth-order valence-electron chi connectivity index (χ4n) is 2.48. The first-order valence-electron chi connectivity index (χ1n) is 8.04. The summed E-state index contributed by atoms with van der Waals surface area (Å²) in [6.45, 7) is 3.78. The van der Waals surface area contributed by atoms with Gasteiger partial charge in [-0.05, 0) is 37.6 Å². The number of benzene rings is 1. The van der Waals surface area contributed by atoms with Gasteiger partial charge in [0, 0.05) is 11.6 Å². The quantitative estimate of drug-likeness (QED) is 0.717. The third kappa shape index (κ3) is 3.99. The molecular formula is C18H22N2O5. The van der Waals surface area contributed by atoms with Gasteiger partial charge in [0.2, 0.25) is 0 Å². The highest BCUT2D eigenvalue weighted by atomic mass is 16.5. The summed E-state index contributed by atoms with van der Waals surface area (Å²) in [6, 6.07) is 7.57. The second-order valence-corrected chi connectivity index (χ2v) is 5.25. The van der Waals surface area contributed by atoms with E-state index < -0.39 is 12.0 Å². The van der Waals surface area contributed by atoms with Crippen LogP contribution in [0.2, 0.25) is 0 Å². The van der Waals surface area contributed by atoms with E-state index in [9.17, 15) is 9.59 Å². The molecule has 1 atom stereocenters. The van der Waals surface area contributed by atoms with Gasteiger partial charge in [-0.25, -0.2) is 9.48 Å². The number of nitrogens with zero attached hydrogens (tertiary/aromatic N) is 2. The second-order valence-electron chi connectivity index (χ2n) is 5.25. The number of carbonyl (C=O) groups excluding carboxylic acids is 1. The Morgan fingerprint density at radius 1 is 1.12 bits per heavy atom. The van der Waals surface area contributed by atoms with Crippen molar-refractivity contribution in [2.45, 2.75) is 26.3 Å². The minimum Gasteiger partial charge on any atom is -0.493 e. The summed E-state index contributed by atoms with van der Waals surface area (Å²) in [5, 5.41) is 4.35. The third-order valence-electron chi connectivity index (χ3n) is 3.74. The van der Waals surface area contributed by atoms with Gasteiger partial charge >= 0.3 is 5.97 Å². The Kier molecular flexibility index (Phi) is 6.16. The molecule has 0 fully saturated rings. The number of hydrogen-bond acceptors (Lipinski definition) is 6. The summed E-state index contributed by atoms with van der Waals surface area (Å²) in [6.07, 6.45) is 0.404. The van der Waals surface area contributed by atoms with Gasteiger partial charge in [0.1, 0.15) is 0 Å². The molecule has 2 aromatic rings. The average Bonchev–Trinajstić information content (AvgIpc) is 2.63. The molecule has 2 rings (SSSR count). The van der Waals surface area contributed by atoms with Crippen molar-refractivity contribution < 1.29 is 19.0 Å². The Morgan fingerprint density at radius 3 is 2.44 bits per heavy atom. The van der Waals surface area contributed by atoms with Gasteiger partial charge < -0.3 is 14.2 Å². The number of esters is 1. The van der Waals surface area contributed by atoms with Crippen LogP contribution in [-0.4, -0.2) is 36.6 Å². The molecule has 1 aromatic heterocycles. The molecule has 1 aromatic carbocycles. The molecule has 0 aliphatic heterocycles. The summed E-state index contributed by atoms with van der Waals surface area (Å²) in [4.78, 5) is 24.3. The molecule has 25 heavy (non-hydrogen) atoms. The van der Waals surface area contributed by atoms with Gasteiger partial charge in [-0.1, -0.05) is 6.92 Å². The van der Waals surface area contributed by atoms with Gasteiger partial charge in [-0.15, -0.1) is 0 Å². The zero-order valence-electron chi connectivity index (χ0n) is 14.8. The van der Waals surface area contributed by atoms with E-state index in [1.807, 2.05) is 6.07 Å². The van der Waals surface area contributed by atoms with E-state index in [1.165, 1.54) is 10.7 Å². The summed E-state index contributed by atoms with van der Waals surface area (Å²) >= 11 is 0. The zero-order valence-corrected chi connectivity index (χ0v) is 14.8. The first kappa shape index (κ1) is 18.5. The minimum atomic E-state index is -0.757. The number of hydrogen-bond donors (Lipinski definition) is 0. The van der Waals surface area contributed by atoms with E-state index >= 15 is 0 Å². The fraction of sp³-hybridized carbons (Fsp3) is 0.389. The monoisotopic (exact) mass is 346 g/mol. The highest BCUT2D eigenvalue weighted by Crippen LogP contribution is 2.31. The Hall–Kier alpha value is -2.83. The topological polar surface area (TPSA) is 79.7 Å². The molecule has 0 radical (unpaired) electrons. The molecule has 0 saturated carbocycles. The maximum absolute atomic E-state index is 12.2. The first-order valence-corrected chi connectivity index (χ1v) is 8.04. The summed E-state index contributed by atoms with van der Waals surface area (Å²) in [5.41, 5.74) is 0.928. The van der Waals surface area contributed by atoms with Gasteiger partial charge in [-0.2, -0.15) is 5.10 Å². The predicted octanol–water partition coefficient (Wildman–Crippen LogP) is 2.44. The largest absolute Gasteiger partial charge is 0.493 e. The smallest absolute Gasteiger partial charge is 0.331 e. The Morgan fingerprint density at radius 2 is 1.84 bits per heavy atom. The van der Waals surface area contributed by atoms with Crippen LogP contribution in [0.4, 0.5) is 0 Å². The molecule has 1 heterocycles. The molecule has 0 unspecified atom stereocenters. The van der Waals surface area contributed by atoms with Crippen molar-refractivity contribution in [2.75, 3.05) is 20.8 Å². The van der Waals surface area contributed by atoms with Crippen molar-refractivity contribution in [3.63, 3.8) is 0 Å². The summed E-state index contributed by atoms with van der Waals surface area (Å²) < 4.78 is 16.7. The maximum atomic E-state index is 12.2. The molecule has 0 N–H and O–H groups in total. The molecule has 0 aliphatic rings. The number of aromatic nitrogens is 2. The van der Waals surface area contributed by atoms with Crippen molar-refractivity contribution >= 4 is 5.97 Å². The SMILES string of the molecule is CCOC(=O)[C@@H](CC)n1nc(-c2ccc(OC)c(OC)c2)ccc1=O. The number of carbonyl (C=O) groups is 1. The van der Waals surface area contributed by atoms with Crippen LogP contribution in [0.1, 0.15) is 26.3 Å². The lowest BCUT2D eigenvalue weighted by atomic mass is 10.1. The van der Waals surface area contributed by atoms with E-state index in [0.29, 0.717) is 23.6 Å². The van der Waals surface area contributed by atoms with E-state index in [0.717, 1.165) is 5.56 Å². The molecule has 0 spiro atoms. The summed E-state index contributed by atoms with van der Waals surface area (Å²) in [7, 11) is 3.10. The van der Waals surface area contributed by atoms with Crippen molar-refractivity contribution in [1.82, 2.24) is 9.78 Å². The van der Waals surface area contributed by atoms with Crippen LogP contribution in [0.25, 0.3) is 11.3 Å². The fourth-order valence-corrected chi connectivity index (χ4v) is 2.48. The van der Waals surface area contributed by atoms with Crippen molar-refractivity contribution in [3.05, 3.63) is 40.7 Å². The molecule has 0 aliphatic carbocycles. The predicted molar refractivity (Wildman–Crippen MR) is 93.0 cm³/mol. The highest BCUT2D eigenvalue weighted by molar-refractivity contribution is 5.74. The van der Waals surface area contributed by atoms with E-state index in [1.54, 1.807) is 46.3 Å². The molecule has 134 valence electrons. The van der Waals surface area contributed by atoms with Crippen molar-refractivity contribution in [2.24, 2.45) is 0 Å². The van der Waals surface area contributed by atoms with Gasteiger partial charge in [0.15, 0.2) is 17.5 Å². The van der Waals surface area contributed by atoms with Gasteiger partial charge in [0.25, 0.3) is 5.56 Å². The molecule has 7 heteroatoms. The van der Waals surface area contributed by atoms with Crippen LogP contribution in [0.15, 0.2) is 35.1 Å². The van der Waals surface area contributed by atoms with Crippen LogP contribution in [0.3, 0.4) is 0 Å². The maximum Gasteiger partial charge on any atom is 0.331 e. The van der Waals surface area contributed by atoms with Crippen LogP contribution in [0, 0.1) is 0 Å². The minimum absolute atomic E-state index is 0.249. The van der Waals surface area contributed by atoms with Crippen LogP contribution >= 0.6 is 0 Å². The molecule has 0 amide bonds. The molecular weight excluding hydrogens is 324 g/mol. The summed E-state index contributed by atoms with van der Waals surface area (Å²) in [5.74, 6) is 0.679. The highest BCUT2D eigenvalue weighted by Gasteiger charge is 2.22. The molecule has 0 saturated heterocycles. The first-order chi connectivity index (χ1) is 12.0. The lowest BCUT2D eigenvalue weighted by Gasteiger charge is -2.16. The Balaban J connectivity index is 2.48. The Bertz CT molecular complexity index is 800. The van der Waals surface area contributed by atoms with E-state index in [2.05, 4.69) is 5.10 Å². The van der Waals surface area contributed by atoms with Crippen LogP contribution in [-0.2, 0) is 9.53 Å². The molecule has 7 nitrogen and oxygen atoms in total. The number of ether oxygens (including phenoxy) is 3. The third-order valence-corrected chi connectivity index (χ3v) is 3.74. The van der Waals surface area contributed by atoms with Gasteiger partial charge in [0.05, 0.1) is 26.5 Å². The lowest BCUT2D eigenvalue weighted by molar-refractivity contribution is -0.147. The van der Waals surface area contributed by atoms with Crippen molar-refractivity contribution in [3.8, 4) is 22.8 Å². The van der Waals surface area contributed by atoms with E-state index in [4.69, 9.17) is 14.2 Å².